The van der Waals surface area contributed by atoms with E-state index in [4.69, 9.17) is 0 Å². The number of hydrogen-bond donors (Lipinski definition) is 1. The van der Waals surface area contributed by atoms with Gasteiger partial charge in [-0.3, -0.25) is 4.79 Å². The molecular weight excluding hydrogens is 230 g/mol. The molecular formula is C14H15NOS. The number of carbonyl (C=O) groups excluding carboxylic acids is 1. The van der Waals surface area contributed by atoms with Crippen LogP contribution in [0.4, 0.5) is 0 Å². The molecule has 1 aliphatic carbocycles. The summed E-state index contributed by atoms with van der Waals surface area (Å²) in [6.07, 6.45) is 2.31. The summed E-state index contributed by atoms with van der Waals surface area (Å²) in [4.78, 5) is 11.0. The third-order valence-corrected chi connectivity index (χ3v) is 4.53. The molecule has 1 atom stereocenters. The number of amides is 1. The Morgan fingerprint density at radius 1 is 1.47 bits per heavy atom. The van der Waals surface area contributed by atoms with Crippen molar-refractivity contribution >= 4 is 27.3 Å². The molecule has 88 valence electrons. The van der Waals surface area contributed by atoms with E-state index in [1.54, 1.807) is 6.92 Å². The Bertz CT molecular complexity index is 573. The van der Waals surface area contributed by atoms with Gasteiger partial charge < -0.3 is 5.32 Å². The van der Waals surface area contributed by atoms with Crippen LogP contribution in [0.1, 0.15) is 30.4 Å². The zero-order chi connectivity index (χ0) is 11.8. The number of benzene rings is 1. The highest BCUT2D eigenvalue weighted by molar-refractivity contribution is 7.17. The first kappa shape index (κ1) is 10.8. The Morgan fingerprint density at radius 2 is 2.35 bits per heavy atom. The highest BCUT2D eigenvalue weighted by Gasteiger charge is 2.24. The highest BCUT2D eigenvalue weighted by Crippen LogP contribution is 2.39. The molecule has 1 amide bonds. The van der Waals surface area contributed by atoms with Crippen LogP contribution in [0.3, 0.4) is 0 Å². The van der Waals surface area contributed by atoms with Gasteiger partial charge in [-0.2, -0.15) is 0 Å². The molecule has 0 saturated carbocycles. The van der Waals surface area contributed by atoms with Crippen molar-refractivity contribution in [3.8, 4) is 0 Å². The summed E-state index contributed by atoms with van der Waals surface area (Å²) in [5.41, 5.74) is 2.95. The largest absolute Gasteiger partial charge is 0.356 e. The Hall–Kier alpha value is -1.35. The predicted molar refractivity (Wildman–Crippen MR) is 71.6 cm³/mol. The molecule has 0 spiro atoms. The third kappa shape index (κ3) is 1.84. The lowest BCUT2D eigenvalue weighted by molar-refractivity contribution is -0.119. The first-order valence-corrected chi connectivity index (χ1v) is 6.87. The minimum atomic E-state index is 0.0654. The minimum Gasteiger partial charge on any atom is -0.356 e. The Balaban J connectivity index is 1.94. The molecule has 17 heavy (non-hydrogen) atoms. The maximum Gasteiger partial charge on any atom is 0.216 e. The van der Waals surface area contributed by atoms with Gasteiger partial charge in [0.2, 0.25) is 5.91 Å². The van der Waals surface area contributed by atoms with Gasteiger partial charge in [0.1, 0.15) is 0 Å². The molecule has 1 unspecified atom stereocenters. The van der Waals surface area contributed by atoms with Crippen molar-refractivity contribution in [2.24, 2.45) is 0 Å². The second-order valence-electron chi connectivity index (χ2n) is 4.64. The highest BCUT2D eigenvalue weighted by atomic mass is 32.1. The standard InChI is InChI=1S/C14H15NOS/c1-9(16)15-8-11-3-5-13-12(11)4-2-10-6-7-17-14(10)13/h2,4,6-7,11H,3,5,8H2,1H3,(H,15,16). The Kier molecular flexibility index (Phi) is 2.63. The molecule has 0 saturated heterocycles. The summed E-state index contributed by atoms with van der Waals surface area (Å²) in [5.74, 6) is 0.566. The fourth-order valence-electron chi connectivity index (χ4n) is 2.70. The van der Waals surface area contributed by atoms with E-state index in [0.29, 0.717) is 5.92 Å². The quantitative estimate of drug-likeness (QED) is 0.865. The molecule has 3 heteroatoms. The van der Waals surface area contributed by atoms with Crippen LogP contribution >= 0.6 is 11.3 Å². The van der Waals surface area contributed by atoms with E-state index in [1.165, 1.54) is 21.2 Å². The summed E-state index contributed by atoms with van der Waals surface area (Å²) in [5, 5.41) is 6.45. The summed E-state index contributed by atoms with van der Waals surface area (Å²) >= 11 is 1.83. The van der Waals surface area contributed by atoms with Gasteiger partial charge in [0.15, 0.2) is 0 Å². The Labute approximate surface area is 105 Å². The van der Waals surface area contributed by atoms with E-state index in [2.05, 4.69) is 28.9 Å². The summed E-state index contributed by atoms with van der Waals surface area (Å²) in [7, 11) is 0. The normalized spacial score (nSPS) is 18.3. The molecule has 1 aromatic carbocycles. The topological polar surface area (TPSA) is 29.1 Å². The maximum atomic E-state index is 11.0. The molecule has 3 rings (SSSR count). The maximum absolute atomic E-state index is 11.0. The predicted octanol–water partition coefficient (Wildman–Crippen LogP) is 3.07. The zero-order valence-corrected chi connectivity index (χ0v) is 10.6. The molecule has 1 aromatic heterocycles. The van der Waals surface area contributed by atoms with Crippen molar-refractivity contribution in [2.45, 2.75) is 25.7 Å². The number of nitrogens with one attached hydrogen (secondary N) is 1. The Morgan fingerprint density at radius 3 is 3.18 bits per heavy atom. The molecule has 1 aliphatic rings. The minimum absolute atomic E-state index is 0.0654. The van der Waals surface area contributed by atoms with E-state index >= 15 is 0 Å². The fourth-order valence-corrected chi connectivity index (χ4v) is 3.69. The van der Waals surface area contributed by atoms with Gasteiger partial charge in [0.05, 0.1) is 0 Å². The van der Waals surface area contributed by atoms with Crippen LogP contribution in [0.25, 0.3) is 10.1 Å². The van der Waals surface area contributed by atoms with E-state index in [1.807, 2.05) is 11.3 Å². The van der Waals surface area contributed by atoms with Crippen LogP contribution in [0, 0.1) is 0 Å². The summed E-state index contributed by atoms with van der Waals surface area (Å²) < 4.78 is 1.44. The lowest BCUT2D eigenvalue weighted by Crippen LogP contribution is -2.24. The zero-order valence-electron chi connectivity index (χ0n) is 9.82. The van der Waals surface area contributed by atoms with Gasteiger partial charge >= 0.3 is 0 Å². The van der Waals surface area contributed by atoms with E-state index in [-0.39, 0.29) is 5.91 Å². The molecule has 0 bridgehead atoms. The van der Waals surface area contributed by atoms with Gasteiger partial charge in [-0.15, -0.1) is 11.3 Å². The lowest BCUT2D eigenvalue weighted by Gasteiger charge is -2.11. The van der Waals surface area contributed by atoms with Gasteiger partial charge in [-0.25, -0.2) is 0 Å². The number of carbonyl (C=O) groups is 1. The molecule has 1 heterocycles. The van der Waals surface area contributed by atoms with Crippen molar-refractivity contribution in [1.29, 1.82) is 0 Å². The number of fused-ring (bicyclic) bond motifs is 3. The van der Waals surface area contributed by atoms with E-state index in [9.17, 15) is 4.79 Å². The smallest absolute Gasteiger partial charge is 0.216 e. The number of aryl methyl sites for hydroxylation is 1. The van der Waals surface area contributed by atoms with Gasteiger partial charge in [-0.1, -0.05) is 12.1 Å². The molecule has 2 aromatic rings. The first-order chi connectivity index (χ1) is 8.25. The monoisotopic (exact) mass is 245 g/mol. The van der Waals surface area contributed by atoms with Crippen molar-refractivity contribution < 1.29 is 4.79 Å². The molecule has 0 radical (unpaired) electrons. The summed E-state index contributed by atoms with van der Waals surface area (Å²) in [6, 6.07) is 6.63. The fraction of sp³-hybridized carbons (Fsp3) is 0.357. The first-order valence-electron chi connectivity index (χ1n) is 5.99. The van der Waals surface area contributed by atoms with Gasteiger partial charge in [0.25, 0.3) is 0 Å². The second-order valence-corrected chi connectivity index (χ2v) is 5.56. The number of hydrogen-bond acceptors (Lipinski definition) is 2. The third-order valence-electron chi connectivity index (χ3n) is 3.54. The van der Waals surface area contributed by atoms with Crippen molar-refractivity contribution in [2.75, 3.05) is 6.54 Å². The van der Waals surface area contributed by atoms with Crippen molar-refractivity contribution in [1.82, 2.24) is 5.32 Å². The van der Waals surface area contributed by atoms with Crippen LogP contribution in [0.15, 0.2) is 23.6 Å². The number of rotatable bonds is 2. The SMILES string of the molecule is CC(=O)NCC1CCc2c1ccc1ccsc21. The molecule has 0 fully saturated rings. The van der Waals surface area contributed by atoms with Crippen molar-refractivity contribution in [3.05, 3.63) is 34.7 Å². The van der Waals surface area contributed by atoms with Crippen LogP contribution < -0.4 is 5.32 Å². The summed E-state index contributed by atoms with van der Waals surface area (Å²) in [6.45, 7) is 2.36. The molecule has 1 N–H and O–H groups in total. The molecule has 2 nitrogen and oxygen atoms in total. The van der Waals surface area contributed by atoms with Crippen LogP contribution in [-0.4, -0.2) is 12.5 Å². The van der Waals surface area contributed by atoms with E-state index in [0.717, 1.165) is 19.4 Å². The van der Waals surface area contributed by atoms with Crippen LogP contribution in [-0.2, 0) is 11.2 Å². The average molecular weight is 245 g/mol. The van der Waals surface area contributed by atoms with Crippen molar-refractivity contribution in [3.63, 3.8) is 0 Å². The average Bonchev–Trinajstić information content (AvgIpc) is 2.91. The van der Waals surface area contributed by atoms with Crippen LogP contribution in [0.2, 0.25) is 0 Å². The van der Waals surface area contributed by atoms with Gasteiger partial charge in [0, 0.05) is 24.1 Å². The van der Waals surface area contributed by atoms with E-state index < -0.39 is 0 Å². The van der Waals surface area contributed by atoms with Gasteiger partial charge in [-0.05, 0) is 40.8 Å². The number of thiophene rings is 1. The second kappa shape index (κ2) is 4.15. The molecule has 0 aliphatic heterocycles. The van der Waals surface area contributed by atoms with Crippen LogP contribution in [0.5, 0.6) is 0 Å². The lowest BCUT2D eigenvalue weighted by atomic mass is 10.0.